The average Bonchev–Trinajstić information content (AvgIpc) is 2.20. The summed E-state index contributed by atoms with van der Waals surface area (Å²) in [7, 11) is -0.299. The van der Waals surface area contributed by atoms with Crippen molar-refractivity contribution in [2.24, 2.45) is 5.16 Å². The molecule has 1 aliphatic rings. The van der Waals surface area contributed by atoms with Crippen LogP contribution < -0.4 is 0 Å². The van der Waals surface area contributed by atoms with Gasteiger partial charge in [0.1, 0.15) is 12.9 Å². The van der Waals surface area contributed by atoms with Crippen LogP contribution >= 0.6 is 0 Å². The van der Waals surface area contributed by atoms with E-state index in [4.69, 9.17) is 14.7 Å². The number of rotatable bonds is 4. The van der Waals surface area contributed by atoms with Crippen molar-refractivity contribution in [3.05, 3.63) is 23.5 Å². The SMILES string of the molecule is CCC1=C(OB(O)O)C=CC(=NOC)C1. The Labute approximate surface area is 88.9 Å². The fourth-order valence-corrected chi connectivity index (χ4v) is 1.37. The monoisotopic (exact) mass is 211 g/mol. The van der Waals surface area contributed by atoms with Crippen LogP contribution in [0.5, 0.6) is 0 Å². The summed E-state index contributed by atoms with van der Waals surface area (Å²) in [6.45, 7) is 1.96. The van der Waals surface area contributed by atoms with Crippen LogP contribution in [0.15, 0.2) is 28.6 Å². The molecule has 0 aliphatic heterocycles. The maximum absolute atomic E-state index is 8.70. The molecule has 1 rings (SSSR count). The van der Waals surface area contributed by atoms with Crippen LogP contribution in [-0.4, -0.2) is 30.2 Å². The van der Waals surface area contributed by atoms with E-state index in [9.17, 15) is 0 Å². The number of oxime groups is 1. The van der Waals surface area contributed by atoms with E-state index in [2.05, 4.69) is 9.99 Å². The van der Waals surface area contributed by atoms with Crippen LogP contribution in [-0.2, 0) is 9.49 Å². The van der Waals surface area contributed by atoms with E-state index in [1.54, 1.807) is 12.2 Å². The van der Waals surface area contributed by atoms with Crippen molar-refractivity contribution >= 4 is 13.0 Å². The minimum Gasteiger partial charge on any atom is -0.512 e. The van der Waals surface area contributed by atoms with Gasteiger partial charge in [-0.2, -0.15) is 0 Å². The first kappa shape index (κ1) is 11.8. The van der Waals surface area contributed by atoms with Gasteiger partial charge in [-0.3, -0.25) is 0 Å². The molecule has 6 heteroatoms. The zero-order valence-corrected chi connectivity index (χ0v) is 8.80. The van der Waals surface area contributed by atoms with Gasteiger partial charge in [0.15, 0.2) is 0 Å². The molecule has 0 aromatic carbocycles. The molecule has 0 unspecified atom stereocenters. The van der Waals surface area contributed by atoms with Crippen molar-refractivity contribution in [3.63, 3.8) is 0 Å². The molecule has 0 saturated carbocycles. The minimum absolute atomic E-state index is 0.488. The summed E-state index contributed by atoms with van der Waals surface area (Å²) in [5.41, 5.74) is 1.75. The molecule has 0 radical (unpaired) electrons. The zero-order valence-electron chi connectivity index (χ0n) is 8.80. The standard InChI is InChI=1S/C9H14BNO4/c1-3-7-6-8(11-14-2)4-5-9(7)15-10(12)13/h4-5,12-13H,3,6H2,1-2H3. The van der Waals surface area contributed by atoms with Gasteiger partial charge in [-0.05, 0) is 24.1 Å². The van der Waals surface area contributed by atoms with Gasteiger partial charge >= 0.3 is 7.32 Å². The van der Waals surface area contributed by atoms with Crippen molar-refractivity contribution in [1.82, 2.24) is 0 Å². The first-order valence-corrected chi connectivity index (χ1v) is 4.70. The largest absolute Gasteiger partial charge is 0.707 e. The normalized spacial score (nSPS) is 18.3. The maximum atomic E-state index is 8.70. The van der Waals surface area contributed by atoms with Crippen LogP contribution in [0.4, 0.5) is 0 Å². The van der Waals surface area contributed by atoms with Crippen molar-refractivity contribution in [3.8, 4) is 0 Å². The second-order valence-electron chi connectivity index (χ2n) is 3.04. The third-order valence-corrected chi connectivity index (χ3v) is 2.04. The Kier molecular flexibility index (Phi) is 4.39. The maximum Gasteiger partial charge on any atom is 0.707 e. The van der Waals surface area contributed by atoms with Crippen LogP contribution in [0.3, 0.4) is 0 Å². The molecule has 0 heterocycles. The van der Waals surface area contributed by atoms with Crippen molar-refractivity contribution in [2.45, 2.75) is 19.8 Å². The van der Waals surface area contributed by atoms with Crippen LogP contribution in [0, 0.1) is 0 Å². The van der Waals surface area contributed by atoms with E-state index < -0.39 is 7.32 Å². The smallest absolute Gasteiger partial charge is 0.512 e. The summed E-state index contributed by atoms with van der Waals surface area (Å²) in [6, 6.07) is 0. The van der Waals surface area contributed by atoms with Crippen LogP contribution in [0.25, 0.3) is 0 Å². The van der Waals surface area contributed by atoms with E-state index >= 15 is 0 Å². The first-order chi connectivity index (χ1) is 7.17. The molecule has 0 bridgehead atoms. The molecular weight excluding hydrogens is 197 g/mol. The highest BCUT2D eigenvalue weighted by atomic mass is 16.6. The van der Waals surface area contributed by atoms with Crippen molar-refractivity contribution in [1.29, 1.82) is 0 Å². The number of hydrogen-bond donors (Lipinski definition) is 2. The number of allylic oxidation sites excluding steroid dienone is 3. The number of hydrogen-bond acceptors (Lipinski definition) is 5. The second-order valence-corrected chi connectivity index (χ2v) is 3.04. The first-order valence-electron chi connectivity index (χ1n) is 4.70. The quantitative estimate of drug-likeness (QED) is 0.527. The molecule has 0 atom stereocenters. The molecular formula is C9H14BNO4. The van der Waals surface area contributed by atoms with Gasteiger partial charge in [-0.25, -0.2) is 0 Å². The summed E-state index contributed by atoms with van der Waals surface area (Å²) in [4.78, 5) is 4.67. The molecule has 0 aromatic rings. The van der Waals surface area contributed by atoms with E-state index in [1.165, 1.54) is 7.11 Å². The lowest BCUT2D eigenvalue weighted by atomic mass is 9.99. The molecule has 0 spiro atoms. The van der Waals surface area contributed by atoms with Gasteiger partial charge in [0, 0.05) is 6.42 Å². The Morgan fingerprint density at radius 3 is 2.73 bits per heavy atom. The highest BCUT2D eigenvalue weighted by Gasteiger charge is 2.18. The molecule has 0 fully saturated rings. The summed E-state index contributed by atoms with van der Waals surface area (Å²) in [5, 5.41) is 21.2. The Morgan fingerprint density at radius 1 is 1.47 bits per heavy atom. The van der Waals surface area contributed by atoms with Crippen LogP contribution in [0.2, 0.25) is 0 Å². The van der Waals surface area contributed by atoms with E-state index in [-0.39, 0.29) is 0 Å². The van der Waals surface area contributed by atoms with Gasteiger partial charge in [-0.1, -0.05) is 12.1 Å². The Morgan fingerprint density at radius 2 is 2.20 bits per heavy atom. The molecule has 0 amide bonds. The molecule has 15 heavy (non-hydrogen) atoms. The lowest BCUT2D eigenvalue weighted by molar-refractivity contribution is 0.213. The van der Waals surface area contributed by atoms with Gasteiger partial charge in [0.2, 0.25) is 0 Å². The minimum atomic E-state index is -1.79. The van der Waals surface area contributed by atoms with Gasteiger partial charge in [-0.15, -0.1) is 0 Å². The van der Waals surface area contributed by atoms with Crippen molar-refractivity contribution in [2.75, 3.05) is 7.11 Å². The molecule has 82 valence electrons. The van der Waals surface area contributed by atoms with Crippen LogP contribution in [0.1, 0.15) is 19.8 Å². The van der Waals surface area contributed by atoms with Gasteiger partial charge < -0.3 is 19.5 Å². The zero-order chi connectivity index (χ0) is 11.3. The lowest BCUT2D eigenvalue weighted by Crippen LogP contribution is -2.18. The number of nitrogens with zero attached hydrogens (tertiary/aromatic N) is 1. The van der Waals surface area contributed by atoms with Gasteiger partial charge in [0.25, 0.3) is 0 Å². The Hall–Kier alpha value is -1.27. The fourth-order valence-electron chi connectivity index (χ4n) is 1.37. The highest BCUT2D eigenvalue weighted by molar-refractivity contribution is 6.33. The predicted molar refractivity (Wildman–Crippen MR) is 56.8 cm³/mol. The summed E-state index contributed by atoms with van der Waals surface area (Å²) in [5.74, 6) is 0.488. The Balaban J connectivity index is 2.78. The third kappa shape index (κ3) is 3.41. The molecule has 1 aliphatic carbocycles. The molecule has 5 nitrogen and oxygen atoms in total. The fraction of sp³-hybridized carbons (Fsp3) is 0.444. The topological polar surface area (TPSA) is 71.3 Å². The van der Waals surface area contributed by atoms with Crippen molar-refractivity contribution < 1.29 is 19.5 Å². The summed E-state index contributed by atoms with van der Waals surface area (Å²) < 4.78 is 4.83. The predicted octanol–water partition coefficient (Wildman–Crippen LogP) is 0.599. The van der Waals surface area contributed by atoms with Gasteiger partial charge in [0.05, 0.1) is 5.71 Å². The highest BCUT2D eigenvalue weighted by Crippen LogP contribution is 2.21. The van der Waals surface area contributed by atoms with E-state index in [0.29, 0.717) is 12.2 Å². The second kappa shape index (κ2) is 5.58. The third-order valence-electron chi connectivity index (χ3n) is 2.04. The van der Waals surface area contributed by atoms with E-state index in [0.717, 1.165) is 17.7 Å². The summed E-state index contributed by atoms with van der Waals surface area (Å²) >= 11 is 0. The summed E-state index contributed by atoms with van der Waals surface area (Å²) in [6.07, 6.45) is 4.73. The molecule has 0 saturated heterocycles. The molecule has 0 aromatic heterocycles. The average molecular weight is 211 g/mol. The lowest BCUT2D eigenvalue weighted by Gasteiger charge is -2.16. The Bertz CT molecular complexity index is 309. The van der Waals surface area contributed by atoms with E-state index in [1.807, 2.05) is 6.92 Å². The molecule has 2 N–H and O–H groups in total.